The van der Waals surface area contributed by atoms with E-state index in [1.54, 1.807) is 36.4 Å². The number of halogens is 2. The van der Waals surface area contributed by atoms with Gasteiger partial charge in [0.25, 0.3) is 5.92 Å². The second-order valence-corrected chi connectivity index (χ2v) is 4.97. The molecule has 2 aromatic carbocycles. The topological polar surface area (TPSA) is 50.4 Å². The van der Waals surface area contributed by atoms with Gasteiger partial charge in [-0.1, -0.05) is 18.2 Å². The van der Waals surface area contributed by atoms with Gasteiger partial charge >= 0.3 is 6.09 Å². The third-order valence-electron chi connectivity index (χ3n) is 3.37. The average molecular weight is 304 g/mol. The van der Waals surface area contributed by atoms with Crippen molar-refractivity contribution < 1.29 is 18.3 Å². The Labute approximate surface area is 126 Å². The molecule has 4 nitrogen and oxygen atoms in total. The minimum atomic E-state index is -2.90. The molecule has 0 saturated heterocycles. The van der Waals surface area contributed by atoms with Crippen molar-refractivity contribution >= 4 is 17.5 Å². The maximum absolute atomic E-state index is 13.9. The van der Waals surface area contributed by atoms with Crippen molar-refractivity contribution in [1.29, 1.82) is 0 Å². The summed E-state index contributed by atoms with van der Waals surface area (Å²) >= 11 is 0. The van der Waals surface area contributed by atoms with E-state index in [1.807, 2.05) is 0 Å². The van der Waals surface area contributed by atoms with Crippen LogP contribution >= 0.6 is 0 Å². The first-order valence-electron chi connectivity index (χ1n) is 6.85. The van der Waals surface area contributed by atoms with Crippen molar-refractivity contribution in [2.75, 3.05) is 17.2 Å². The molecule has 0 fully saturated rings. The standard InChI is InChI=1S/C16H14F2N2O2/c17-16(18)8-9-19-14-7-6-11(10-13(14)16)20-15(21)22-12-4-2-1-3-5-12/h1-7,10,19H,8-9H2,(H,20,21). The van der Waals surface area contributed by atoms with Gasteiger partial charge in [0.2, 0.25) is 0 Å². The summed E-state index contributed by atoms with van der Waals surface area (Å²) in [6, 6.07) is 12.9. The molecule has 1 aliphatic heterocycles. The summed E-state index contributed by atoms with van der Waals surface area (Å²) in [5.41, 5.74) is 0.539. The van der Waals surface area contributed by atoms with Crippen LogP contribution in [-0.2, 0) is 5.92 Å². The number of nitrogens with one attached hydrogen (secondary N) is 2. The predicted octanol–water partition coefficient (Wildman–Crippen LogP) is 4.20. The van der Waals surface area contributed by atoms with E-state index in [1.165, 1.54) is 12.1 Å². The average Bonchev–Trinajstić information content (AvgIpc) is 2.48. The van der Waals surface area contributed by atoms with Crippen molar-refractivity contribution in [3.8, 4) is 5.75 Å². The summed E-state index contributed by atoms with van der Waals surface area (Å²) in [5.74, 6) is -2.52. The van der Waals surface area contributed by atoms with Crippen LogP contribution in [-0.4, -0.2) is 12.6 Å². The number of carbonyl (C=O) groups is 1. The molecule has 0 aromatic heterocycles. The molecule has 2 N–H and O–H groups in total. The lowest BCUT2D eigenvalue weighted by Gasteiger charge is -2.26. The molecule has 1 amide bonds. The first-order valence-corrected chi connectivity index (χ1v) is 6.85. The van der Waals surface area contributed by atoms with Crippen LogP contribution in [0.3, 0.4) is 0 Å². The minimum Gasteiger partial charge on any atom is -0.410 e. The summed E-state index contributed by atoms with van der Waals surface area (Å²) in [6.45, 7) is 0.225. The van der Waals surface area contributed by atoms with E-state index in [4.69, 9.17) is 4.74 Å². The molecule has 0 unspecified atom stereocenters. The molecular formula is C16H14F2N2O2. The number of alkyl halides is 2. The Morgan fingerprint density at radius 2 is 1.95 bits per heavy atom. The fraction of sp³-hybridized carbons (Fsp3) is 0.188. The lowest BCUT2D eigenvalue weighted by Crippen LogP contribution is -2.26. The lowest BCUT2D eigenvalue weighted by atomic mass is 9.99. The lowest BCUT2D eigenvalue weighted by molar-refractivity contribution is -0.0122. The van der Waals surface area contributed by atoms with Gasteiger partial charge in [-0.15, -0.1) is 0 Å². The maximum atomic E-state index is 13.9. The van der Waals surface area contributed by atoms with Crippen LogP contribution in [0, 0.1) is 0 Å². The Hall–Kier alpha value is -2.63. The van der Waals surface area contributed by atoms with Gasteiger partial charge in [0.05, 0.1) is 0 Å². The normalized spacial score (nSPS) is 15.4. The first-order chi connectivity index (χ1) is 10.5. The van der Waals surface area contributed by atoms with Crippen LogP contribution in [0.1, 0.15) is 12.0 Å². The van der Waals surface area contributed by atoms with Crippen molar-refractivity contribution in [3.05, 3.63) is 54.1 Å². The van der Waals surface area contributed by atoms with Gasteiger partial charge in [0.15, 0.2) is 0 Å². The van der Waals surface area contributed by atoms with E-state index in [2.05, 4.69) is 10.6 Å². The summed E-state index contributed by atoms with van der Waals surface area (Å²) in [5, 5.41) is 5.37. The van der Waals surface area contributed by atoms with E-state index in [9.17, 15) is 13.6 Å². The molecule has 6 heteroatoms. The number of hydrogen-bond donors (Lipinski definition) is 2. The number of benzene rings is 2. The van der Waals surface area contributed by atoms with Gasteiger partial charge < -0.3 is 10.1 Å². The first kappa shape index (κ1) is 14.3. The van der Waals surface area contributed by atoms with Crippen molar-refractivity contribution in [2.24, 2.45) is 0 Å². The second-order valence-electron chi connectivity index (χ2n) is 4.97. The number of hydrogen-bond acceptors (Lipinski definition) is 3. The van der Waals surface area contributed by atoms with E-state index in [0.29, 0.717) is 11.4 Å². The molecule has 3 rings (SSSR count). The third kappa shape index (κ3) is 3.00. The van der Waals surface area contributed by atoms with Crippen LogP contribution in [0.4, 0.5) is 25.0 Å². The van der Waals surface area contributed by atoms with Crippen LogP contribution in [0.25, 0.3) is 0 Å². The molecule has 0 atom stereocenters. The number of carbonyl (C=O) groups excluding carboxylic acids is 1. The number of rotatable bonds is 2. The van der Waals surface area contributed by atoms with Crippen molar-refractivity contribution in [2.45, 2.75) is 12.3 Å². The predicted molar refractivity (Wildman–Crippen MR) is 79.5 cm³/mol. The highest BCUT2D eigenvalue weighted by molar-refractivity contribution is 5.87. The SMILES string of the molecule is O=C(Nc1ccc2c(c1)C(F)(F)CCN2)Oc1ccccc1. The quantitative estimate of drug-likeness (QED) is 0.874. The molecule has 22 heavy (non-hydrogen) atoms. The summed E-state index contributed by atoms with van der Waals surface area (Å²) in [7, 11) is 0. The van der Waals surface area contributed by atoms with Gasteiger partial charge in [-0.25, -0.2) is 13.6 Å². The second kappa shape index (κ2) is 5.63. The zero-order chi connectivity index (χ0) is 15.6. The van der Waals surface area contributed by atoms with Gasteiger partial charge in [0, 0.05) is 29.9 Å². The molecule has 1 heterocycles. The minimum absolute atomic E-state index is 0.115. The Kier molecular flexibility index (Phi) is 3.66. The fourth-order valence-corrected chi connectivity index (χ4v) is 2.31. The fourth-order valence-electron chi connectivity index (χ4n) is 2.31. The Balaban J connectivity index is 1.75. The monoisotopic (exact) mass is 304 g/mol. The molecule has 0 spiro atoms. The van der Waals surface area contributed by atoms with E-state index < -0.39 is 12.0 Å². The van der Waals surface area contributed by atoms with Gasteiger partial charge in [-0.3, -0.25) is 5.32 Å². The zero-order valence-corrected chi connectivity index (χ0v) is 11.6. The smallest absolute Gasteiger partial charge is 0.410 e. The molecule has 0 aliphatic carbocycles. The van der Waals surface area contributed by atoms with Crippen molar-refractivity contribution in [1.82, 2.24) is 0 Å². The molecule has 114 valence electrons. The third-order valence-corrected chi connectivity index (χ3v) is 3.37. The van der Waals surface area contributed by atoms with E-state index >= 15 is 0 Å². The molecule has 1 aliphatic rings. The Bertz CT molecular complexity index is 690. The number of para-hydroxylation sites is 1. The Morgan fingerprint density at radius 1 is 1.18 bits per heavy atom. The Morgan fingerprint density at radius 3 is 2.73 bits per heavy atom. The van der Waals surface area contributed by atoms with Crippen molar-refractivity contribution in [3.63, 3.8) is 0 Å². The zero-order valence-electron chi connectivity index (χ0n) is 11.6. The number of fused-ring (bicyclic) bond motifs is 1. The van der Waals surface area contributed by atoms with Crippen LogP contribution in [0.2, 0.25) is 0 Å². The van der Waals surface area contributed by atoms with Crippen LogP contribution in [0.5, 0.6) is 5.75 Å². The number of anilines is 2. The van der Waals surface area contributed by atoms with Crippen LogP contribution in [0.15, 0.2) is 48.5 Å². The highest BCUT2D eigenvalue weighted by Gasteiger charge is 2.36. The summed E-state index contributed by atoms with van der Waals surface area (Å²) < 4.78 is 32.8. The largest absolute Gasteiger partial charge is 0.417 e. The van der Waals surface area contributed by atoms with E-state index in [0.717, 1.165) is 0 Å². The maximum Gasteiger partial charge on any atom is 0.417 e. The van der Waals surface area contributed by atoms with E-state index in [-0.39, 0.29) is 24.2 Å². The number of ether oxygens (including phenoxy) is 1. The van der Waals surface area contributed by atoms with Gasteiger partial charge in [-0.05, 0) is 30.3 Å². The highest BCUT2D eigenvalue weighted by atomic mass is 19.3. The molecular weight excluding hydrogens is 290 g/mol. The molecule has 0 bridgehead atoms. The van der Waals surface area contributed by atoms with Crippen LogP contribution < -0.4 is 15.4 Å². The summed E-state index contributed by atoms with van der Waals surface area (Å²) in [6.07, 6.45) is -0.990. The van der Waals surface area contributed by atoms with Gasteiger partial charge in [-0.2, -0.15) is 0 Å². The number of amides is 1. The highest BCUT2D eigenvalue weighted by Crippen LogP contribution is 2.40. The molecule has 0 radical (unpaired) electrons. The van der Waals surface area contributed by atoms with Gasteiger partial charge in [0.1, 0.15) is 5.75 Å². The molecule has 2 aromatic rings. The summed E-state index contributed by atoms with van der Waals surface area (Å²) in [4.78, 5) is 11.8. The molecule has 0 saturated carbocycles.